The molecule has 0 aromatic rings. The summed E-state index contributed by atoms with van der Waals surface area (Å²) < 4.78 is 0. The molecule has 0 aromatic carbocycles. The van der Waals surface area contributed by atoms with Crippen molar-refractivity contribution in [2.75, 3.05) is 6.54 Å². The molecule has 1 fully saturated rings. The second-order valence-electron chi connectivity index (χ2n) is 5.93. The van der Waals surface area contributed by atoms with E-state index in [2.05, 4.69) is 16.0 Å². The summed E-state index contributed by atoms with van der Waals surface area (Å²) >= 11 is 5.20. The van der Waals surface area contributed by atoms with E-state index in [9.17, 15) is 4.79 Å². The molecule has 0 radical (unpaired) electrons. The molecule has 0 spiro atoms. The van der Waals surface area contributed by atoms with Gasteiger partial charge in [-0.25, -0.2) is 0 Å². The predicted octanol–water partition coefficient (Wildman–Crippen LogP) is 1.70. The molecule has 0 aliphatic heterocycles. The fraction of sp³-hybridized carbons (Fsp3) is 0.846. The molecule has 0 unspecified atom stereocenters. The first-order valence-electron chi connectivity index (χ1n) is 6.72. The van der Waals surface area contributed by atoms with Crippen LogP contribution in [0.25, 0.3) is 0 Å². The summed E-state index contributed by atoms with van der Waals surface area (Å²) in [5.41, 5.74) is -0.167. The fourth-order valence-electron chi connectivity index (χ4n) is 2.08. The Morgan fingerprint density at radius 2 is 1.89 bits per heavy atom. The number of carbonyl (C=O) groups is 1. The van der Waals surface area contributed by atoms with Gasteiger partial charge in [0.25, 0.3) is 0 Å². The molecular weight excluding hydrogens is 246 g/mol. The molecule has 0 bridgehead atoms. The van der Waals surface area contributed by atoms with Crippen LogP contribution in [0.15, 0.2) is 0 Å². The van der Waals surface area contributed by atoms with Crippen molar-refractivity contribution in [3.8, 4) is 0 Å². The number of carbonyl (C=O) groups excluding carboxylic acids is 1. The van der Waals surface area contributed by atoms with Crippen molar-refractivity contribution in [3.05, 3.63) is 0 Å². The van der Waals surface area contributed by atoms with Gasteiger partial charge in [0.1, 0.15) is 0 Å². The minimum Gasteiger partial charge on any atom is -0.362 e. The molecule has 1 rings (SSSR count). The second kappa shape index (κ2) is 6.92. The van der Waals surface area contributed by atoms with Crippen molar-refractivity contribution >= 4 is 23.2 Å². The van der Waals surface area contributed by atoms with Crippen LogP contribution in [0.5, 0.6) is 0 Å². The lowest BCUT2D eigenvalue weighted by Gasteiger charge is -2.21. The van der Waals surface area contributed by atoms with E-state index < -0.39 is 0 Å². The number of hydrogen-bond donors (Lipinski definition) is 3. The quantitative estimate of drug-likeness (QED) is 0.681. The van der Waals surface area contributed by atoms with Crippen molar-refractivity contribution in [1.29, 1.82) is 0 Å². The summed E-state index contributed by atoms with van der Waals surface area (Å²) in [5, 5.41) is 9.97. The standard InChI is InChI=1S/C13H25N3OS/c1-13(2,3)16-11(17)8-9-14-12(18)15-10-6-4-5-7-10/h10H,4-9H2,1-3H3,(H,16,17)(H2,14,15,18). The molecule has 0 atom stereocenters. The molecule has 1 aliphatic rings. The zero-order valence-electron chi connectivity index (χ0n) is 11.6. The van der Waals surface area contributed by atoms with Gasteiger partial charge in [0.2, 0.25) is 5.91 Å². The lowest BCUT2D eigenvalue weighted by molar-refractivity contribution is -0.122. The Balaban J connectivity index is 2.09. The second-order valence-corrected chi connectivity index (χ2v) is 6.34. The zero-order valence-corrected chi connectivity index (χ0v) is 12.5. The summed E-state index contributed by atoms with van der Waals surface area (Å²) in [6, 6.07) is 0.522. The van der Waals surface area contributed by atoms with Crippen molar-refractivity contribution in [1.82, 2.24) is 16.0 Å². The molecule has 5 heteroatoms. The first kappa shape index (κ1) is 15.2. The highest BCUT2D eigenvalue weighted by atomic mass is 32.1. The Kier molecular flexibility index (Phi) is 5.85. The Labute approximate surface area is 115 Å². The van der Waals surface area contributed by atoms with Crippen molar-refractivity contribution in [2.45, 2.75) is 64.5 Å². The molecular formula is C13H25N3OS. The zero-order chi connectivity index (χ0) is 13.6. The van der Waals surface area contributed by atoms with Crippen LogP contribution in [-0.2, 0) is 4.79 Å². The molecule has 104 valence electrons. The van der Waals surface area contributed by atoms with Gasteiger partial charge in [-0.15, -0.1) is 0 Å². The van der Waals surface area contributed by atoms with Crippen LogP contribution < -0.4 is 16.0 Å². The van der Waals surface area contributed by atoms with E-state index in [1.807, 2.05) is 20.8 Å². The smallest absolute Gasteiger partial charge is 0.222 e. The van der Waals surface area contributed by atoms with Gasteiger partial charge in [0.15, 0.2) is 5.11 Å². The summed E-state index contributed by atoms with van der Waals surface area (Å²) in [5.74, 6) is 0.0543. The Bertz CT molecular complexity index is 293. The van der Waals surface area contributed by atoms with Crippen LogP contribution in [-0.4, -0.2) is 29.1 Å². The highest BCUT2D eigenvalue weighted by Crippen LogP contribution is 2.17. The topological polar surface area (TPSA) is 53.2 Å². The highest BCUT2D eigenvalue weighted by molar-refractivity contribution is 7.80. The average molecular weight is 271 g/mol. The molecule has 0 heterocycles. The van der Waals surface area contributed by atoms with E-state index in [4.69, 9.17) is 12.2 Å². The third kappa shape index (κ3) is 6.79. The molecule has 1 amide bonds. The van der Waals surface area contributed by atoms with Crippen LogP contribution in [0.1, 0.15) is 52.9 Å². The molecule has 3 N–H and O–H groups in total. The van der Waals surface area contributed by atoms with Gasteiger partial charge in [-0.3, -0.25) is 4.79 Å². The lowest BCUT2D eigenvalue weighted by Crippen LogP contribution is -2.44. The molecule has 1 aliphatic carbocycles. The largest absolute Gasteiger partial charge is 0.362 e. The number of rotatable bonds is 4. The van der Waals surface area contributed by atoms with Crippen LogP contribution >= 0.6 is 12.2 Å². The van der Waals surface area contributed by atoms with Crippen molar-refractivity contribution in [2.24, 2.45) is 0 Å². The number of nitrogens with one attached hydrogen (secondary N) is 3. The van der Waals surface area contributed by atoms with Gasteiger partial charge in [-0.05, 0) is 45.8 Å². The average Bonchev–Trinajstić information content (AvgIpc) is 2.67. The van der Waals surface area contributed by atoms with Gasteiger partial charge in [-0.2, -0.15) is 0 Å². The van der Waals surface area contributed by atoms with E-state index >= 15 is 0 Å². The number of hydrogen-bond acceptors (Lipinski definition) is 2. The lowest BCUT2D eigenvalue weighted by atomic mass is 10.1. The predicted molar refractivity (Wildman–Crippen MR) is 78.5 cm³/mol. The molecule has 1 saturated carbocycles. The van der Waals surface area contributed by atoms with Crippen molar-refractivity contribution in [3.63, 3.8) is 0 Å². The SMILES string of the molecule is CC(C)(C)NC(=O)CCNC(=S)NC1CCCC1. The van der Waals surface area contributed by atoms with Gasteiger partial charge >= 0.3 is 0 Å². The van der Waals surface area contributed by atoms with E-state index in [-0.39, 0.29) is 11.4 Å². The summed E-state index contributed by atoms with van der Waals surface area (Å²) in [4.78, 5) is 11.6. The molecule has 18 heavy (non-hydrogen) atoms. The monoisotopic (exact) mass is 271 g/mol. The summed E-state index contributed by atoms with van der Waals surface area (Å²) in [7, 11) is 0. The number of amides is 1. The first-order chi connectivity index (χ1) is 8.37. The Hall–Kier alpha value is -0.840. The van der Waals surface area contributed by atoms with Crippen LogP contribution in [0.4, 0.5) is 0 Å². The minimum atomic E-state index is -0.167. The van der Waals surface area contributed by atoms with Gasteiger partial charge in [0.05, 0.1) is 0 Å². The third-order valence-corrected chi connectivity index (χ3v) is 3.10. The normalized spacial score (nSPS) is 16.4. The third-order valence-electron chi connectivity index (χ3n) is 2.84. The van der Waals surface area contributed by atoms with E-state index in [0.29, 0.717) is 24.1 Å². The summed E-state index contributed by atoms with van der Waals surface area (Å²) in [6.07, 6.45) is 5.42. The Morgan fingerprint density at radius 1 is 1.28 bits per heavy atom. The first-order valence-corrected chi connectivity index (χ1v) is 7.13. The highest BCUT2D eigenvalue weighted by Gasteiger charge is 2.16. The van der Waals surface area contributed by atoms with Crippen LogP contribution in [0, 0.1) is 0 Å². The van der Waals surface area contributed by atoms with Crippen LogP contribution in [0.3, 0.4) is 0 Å². The maximum atomic E-state index is 11.6. The molecule has 4 nitrogen and oxygen atoms in total. The maximum Gasteiger partial charge on any atom is 0.222 e. The number of thiocarbonyl (C=S) groups is 1. The van der Waals surface area contributed by atoms with E-state index in [1.54, 1.807) is 0 Å². The molecule has 0 aromatic heterocycles. The van der Waals surface area contributed by atoms with Gasteiger partial charge in [-0.1, -0.05) is 12.8 Å². The van der Waals surface area contributed by atoms with Gasteiger partial charge in [0, 0.05) is 24.5 Å². The van der Waals surface area contributed by atoms with E-state index in [1.165, 1.54) is 25.7 Å². The van der Waals surface area contributed by atoms with Crippen LogP contribution in [0.2, 0.25) is 0 Å². The van der Waals surface area contributed by atoms with E-state index in [0.717, 1.165) is 0 Å². The minimum absolute atomic E-state index is 0.0543. The van der Waals surface area contributed by atoms with Gasteiger partial charge < -0.3 is 16.0 Å². The summed E-state index contributed by atoms with van der Waals surface area (Å²) in [6.45, 7) is 6.51. The fourth-order valence-corrected chi connectivity index (χ4v) is 2.35. The van der Waals surface area contributed by atoms with Crippen molar-refractivity contribution < 1.29 is 4.79 Å². The Morgan fingerprint density at radius 3 is 2.44 bits per heavy atom. The maximum absolute atomic E-state index is 11.6. The molecule has 0 saturated heterocycles.